The maximum atomic E-state index is 12.5. The Bertz CT molecular complexity index is 857. The standard InChI is InChI=1S/C21H24N2O6S/c1-30-16-11-9-15(10-12-16)22-21(26)29-19(7-4-8-20(25)23-27)17-5-2-3-6-18(17)28-14-13-24/h2-6,8-12,19,24,27H,7,13-14H2,1H3,(H,22,26)(H,23,25)/b8-4+/t19-/m1/s1. The minimum atomic E-state index is -0.770. The van der Waals surface area contributed by atoms with Crippen molar-refractivity contribution in [3.63, 3.8) is 0 Å². The van der Waals surface area contributed by atoms with Gasteiger partial charge in [-0.25, -0.2) is 10.3 Å². The molecule has 4 N–H and O–H groups in total. The summed E-state index contributed by atoms with van der Waals surface area (Å²) in [5, 5.41) is 20.3. The predicted octanol–water partition coefficient (Wildman–Crippen LogP) is 3.52. The van der Waals surface area contributed by atoms with E-state index in [1.807, 2.05) is 18.4 Å². The van der Waals surface area contributed by atoms with Gasteiger partial charge in [-0.15, -0.1) is 11.8 Å². The van der Waals surface area contributed by atoms with Crippen LogP contribution in [0.2, 0.25) is 0 Å². The summed E-state index contributed by atoms with van der Waals surface area (Å²) in [6, 6.07) is 14.3. The molecule has 0 saturated heterocycles. The summed E-state index contributed by atoms with van der Waals surface area (Å²) in [5.41, 5.74) is 2.66. The Labute approximate surface area is 178 Å². The molecule has 0 bridgehead atoms. The first-order valence-corrected chi connectivity index (χ1v) is 10.3. The number of aliphatic hydroxyl groups excluding tert-OH is 1. The summed E-state index contributed by atoms with van der Waals surface area (Å²) in [6.45, 7) is -0.0799. The van der Waals surface area contributed by atoms with Crippen LogP contribution in [-0.4, -0.2) is 41.8 Å². The number of thioether (sulfide) groups is 1. The number of ether oxygens (including phenoxy) is 2. The van der Waals surface area contributed by atoms with Crippen LogP contribution in [-0.2, 0) is 9.53 Å². The number of hydrogen-bond donors (Lipinski definition) is 4. The van der Waals surface area contributed by atoms with E-state index in [9.17, 15) is 9.59 Å². The van der Waals surface area contributed by atoms with Gasteiger partial charge >= 0.3 is 6.09 Å². The maximum absolute atomic E-state index is 12.5. The third kappa shape index (κ3) is 7.43. The first-order valence-electron chi connectivity index (χ1n) is 9.12. The third-order valence-electron chi connectivity index (χ3n) is 3.93. The molecule has 9 heteroatoms. The van der Waals surface area contributed by atoms with E-state index in [1.165, 1.54) is 11.6 Å². The number of carbonyl (C=O) groups excluding carboxylic acids is 2. The Kier molecular flexibility index (Phi) is 9.72. The van der Waals surface area contributed by atoms with Crippen molar-refractivity contribution in [2.45, 2.75) is 17.4 Å². The van der Waals surface area contributed by atoms with E-state index in [0.29, 0.717) is 17.0 Å². The molecule has 0 aliphatic heterocycles. The number of benzene rings is 2. The van der Waals surface area contributed by atoms with E-state index in [0.717, 1.165) is 11.0 Å². The van der Waals surface area contributed by atoms with Crippen LogP contribution in [0.3, 0.4) is 0 Å². The van der Waals surface area contributed by atoms with Crippen molar-refractivity contribution < 1.29 is 29.4 Å². The lowest BCUT2D eigenvalue weighted by molar-refractivity contribution is -0.124. The maximum Gasteiger partial charge on any atom is 0.412 e. The number of hydrogen-bond acceptors (Lipinski definition) is 7. The van der Waals surface area contributed by atoms with Crippen molar-refractivity contribution in [3.8, 4) is 5.75 Å². The van der Waals surface area contributed by atoms with Gasteiger partial charge in [0.15, 0.2) is 0 Å². The van der Waals surface area contributed by atoms with E-state index < -0.39 is 18.1 Å². The fraction of sp³-hybridized carbons (Fsp3) is 0.238. The molecule has 2 rings (SSSR count). The number of rotatable bonds is 10. The molecule has 0 heterocycles. The van der Waals surface area contributed by atoms with Crippen LogP contribution < -0.4 is 15.5 Å². The molecule has 0 aliphatic rings. The molecule has 160 valence electrons. The van der Waals surface area contributed by atoms with E-state index in [-0.39, 0.29) is 19.6 Å². The number of amides is 2. The van der Waals surface area contributed by atoms with Crippen LogP contribution in [0.4, 0.5) is 10.5 Å². The fourth-order valence-corrected chi connectivity index (χ4v) is 2.97. The molecule has 30 heavy (non-hydrogen) atoms. The highest BCUT2D eigenvalue weighted by Gasteiger charge is 2.20. The van der Waals surface area contributed by atoms with Crippen molar-refractivity contribution in [2.75, 3.05) is 24.8 Å². The molecular weight excluding hydrogens is 408 g/mol. The quantitative estimate of drug-likeness (QED) is 0.196. The van der Waals surface area contributed by atoms with Crippen LogP contribution in [0.1, 0.15) is 18.1 Å². The summed E-state index contributed by atoms with van der Waals surface area (Å²) in [4.78, 5) is 24.8. The van der Waals surface area contributed by atoms with E-state index in [2.05, 4.69) is 5.32 Å². The number of hydroxylamine groups is 1. The Hall–Kier alpha value is -3.01. The zero-order valence-electron chi connectivity index (χ0n) is 16.4. The van der Waals surface area contributed by atoms with E-state index >= 15 is 0 Å². The van der Waals surface area contributed by atoms with Gasteiger partial charge in [0.2, 0.25) is 0 Å². The predicted molar refractivity (Wildman–Crippen MR) is 114 cm³/mol. The van der Waals surface area contributed by atoms with Crippen LogP contribution in [0.5, 0.6) is 5.75 Å². The van der Waals surface area contributed by atoms with Crippen LogP contribution in [0, 0.1) is 0 Å². The summed E-state index contributed by atoms with van der Waals surface area (Å²) < 4.78 is 11.1. The lowest BCUT2D eigenvalue weighted by atomic mass is 10.0. The zero-order valence-corrected chi connectivity index (χ0v) is 17.2. The molecule has 1 atom stereocenters. The first-order chi connectivity index (χ1) is 14.6. The van der Waals surface area contributed by atoms with Gasteiger partial charge in [-0.2, -0.15) is 0 Å². The molecule has 2 aromatic rings. The number of anilines is 1. The highest BCUT2D eigenvalue weighted by molar-refractivity contribution is 7.98. The number of nitrogens with one attached hydrogen (secondary N) is 2. The summed E-state index contributed by atoms with van der Waals surface area (Å²) in [7, 11) is 0. The number of aliphatic hydroxyl groups is 1. The average molecular weight is 432 g/mol. The second-order valence-electron chi connectivity index (χ2n) is 5.97. The Morgan fingerprint density at radius 1 is 1.17 bits per heavy atom. The Balaban J connectivity index is 2.17. The van der Waals surface area contributed by atoms with Gasteiger partial charge in [-0.3, -0.25) is 15.3 Å². The zero-order chi connectivity index (χ0) is 21.8. The summed E-state index contributed by atoms with van der Waals surface area (Å²) in [6.07, 6.45) is 3.28. The molecule has 0 aliphatic carbocycles. The average Bonchev–Trinajstić information content (AvgIpc) is 2.77. The molecule has 8 nitrogen and oxygen atoms in total. The SMILES string of the molecule is CSc1ccc(NC(=O)O[C@H](C/C=C/C(=O)NO)c2ccccc2OCCO)cc1. The minimum Gasteiger partial charge on any atom is -0.491 e. The van der Waals surface area contributed by atoms with Gasteiger partial charge in [-0.1, -0.05) is 24.3 Å². The van der Waals surface area contributed by atoms with Crippen LogP contribution in [0.15, 0.2) is 65.6 Å². The molecule has 2 aromatic carbocycles. The molecule has 0 spiro atoms. The largest absolute Gasteiger partial charge is 0.491 e. The first kappa shape index (κ1) is 23.3. The molecule has 0 aromatic heterocycles. The van der Waals surface area contributed by atoms with Crippen molar-refractivity contribution >= 4 is 29.4 Å². The van der Waals surface area contributed by atoms with Gasteiger partial charge in [0.05, 0.1) is 6.61 Å². The normalized spacial score (nSPS) is 11.7. The van der Waals surface area contributed by atoms with Crippen molar-refractivity contribution in [1.29, 1.82) is 0 Å². The highest BCUT2D eigenvalue weighted by Crippen LogP contribution is 2.31. The fourth-order valence-electron chi connectivity index (χ4n) is 2.56. The van der Waals surface area contributed by atoms with E-state index in [1.54, 1.807) is 48.2 Å². The second-order valence-corrected chi connectivity index (χ2v) is 6.85. The molecule has 2 amide bonds. The lowest BCUT2D eigenvalue weighted by Crippen LogP contribution is -2.18. The van der Waals surface area contributed by atoms with E-state index in [4.69, 9.17) is 19.8 Å². The van der Waals surface area contributed by atoms with Gasteiger partial charge in [0.1, 0.15) is 18.5 Å². The van der Waals surface area contributed by atoms with Gasteiger partial charge < -0.3 is 14.6 Å². The second kappa shape index (κ2) is 12.5. The summed E-state index contributed by atoms with van der Waals surface area (Å²) in [5.74, 6) is -0.245. The minimum absolute atomic E-state index is 0.0838. The monoisotopic (exact) mass is 432 g/mol. The topological polar surface area (TPSA) is 117 Å². The smallest absolute Gasteiger partial charge is 0.412 e. The van der Waals surface area contributed by atoms with Crippen LogP contribution >= 0.6 is 11.8 Å². The van der Waals surface area contributed by atoms with Crippen molar-refractivity contribution in [3.05, 3.63) is 66.2 Å². The van der Waals surface area contributed by atoms with Gasteiger partial charge in [0, 0.05) is 28.6 Å². The van der Waals surface area contributed by atoms with Crippen LogP contribution in [0.25, 0.3) is 0 Å². The molecule has 0 saturated carbocycles. The molecule has 0 unspecified atom stereocenters. The lowest BCUT2D eigenvalue weighted by Gasteiger charge is -2.20. The van der Waals surface area contributed by atoms with Crippen molar-refractivity contribution in [1.82, 2.24) is 5.48 Å². The number of carbonyl (C=O) groups is 2. The molecule has 0 radical (unpaired) electrons. The Morgan fingerprint density at radius 3 is 2.57 bits per heavy atom. The number of para-hydroxylation sites is 1. The Morgan fingerprint density at radius 2 is 1.90 bits per heavy atom. The van der Waals surface area contributed by atoms with Gasteiger partial charge in [0.25, 0.3) is 5.91 Å². The highest BCUT2D eigenvalue weighted by atomic mass is 32.2. The van der Waals surface area contributed by atoms with Gasteiger partial charge in [-0.05, 0) is 36.6 Å². The molecular formula is C21H24N2O6S. The summed E-state index contributed by atoms with van der Waals surface area (Å²) >= 11 is 1.59. The third-order valence-corrected chi connectivity index (χ3v) is 4.67. The van der Waals surface area contributed by atoms with Crippen molar-refractivity contribution in [2.24, 2.45) is 0 Å². The molecule has 0 fully saturated rings.